The maximum atomic E-state index is 14.2. The maximum Gasteiger partial charge on any atom is 0.412 e. The zero-order valence-electron chi connectivity index (χ0n) is 17.0. The molecule has 0 aliphatic carbocycles. The van der Waals surface area contributed by atoms with Gasteiger partial charge in [-0.3, -0.25) is 10.1 Å². The van der Waals surface area contributed by atoms with Gasteiger partial charge in [0.2, 0.25) is 0 Å². The monoisotopic (exact) mass is 471 g/mol. The molecular formula is C19H17F4N5O3S. The van der Waals surface area contributed by atoms with E-state index in [0.717, 1.165) is 30.6 Å². The Kier molecular flexibility index (Phi) is 6.48. The van der Waals surface area contributed by atoms with Gasteiger partial charge in [-0.05, 0) is 32.9 Å². The van der Waals surface area contributed by atoms with Gasteiger partial charge in [0.05, 0.1) is 23.6 Å². The normalized spacial score (nSPS) is 11.5. The van der Waals surface area contributed by atoms with Gasteiger partial charge in [-0.1, -0.05) is 17.4 Å². The molecule has 3 rings (SSSR count). The highest BCUT2D eigenvalue weighted by molar-refractivity contribution is 7.19. The van der Waals surface area contributed by atoms with Gasteiger partial charge >= 0.3 is 12.6 Å². The van der Waals surface area contributed by atoms with E-state index in [1.807, 2.05) is 0 Å². The Hall–Kier alpha value is -3.48. The number of alkyl halides is 2. The second kappa shape index (κ2) is 8.94. The summed E-state index contributed by atoms with van der Waals surface area (Å²) in [6, 6.07) is 3.19. The van der Waals surface area contributed by atoms with Crippen molar-refractivity contribution >= 4 is 34.0 Å². The predicted octanol–water partition coefficient (Wildman–Crippen LogP) is 5.28. The van der Waals surface area contributed by atoms with E-state index in [1.165, 1.54) is 0 Å². The number of rotatable bonds is 5. The maximum absolute atomic E-state index is 14.2. The standard InChI is InChI=1S/C19H17F4N5O3S/c1-19(2,3)31-18(30)27-16-13(14(29)25-9-7-24-28(8-9)17(22)23)26-15(32-16)12-10(20)5-4-6-11(12)21/h4-8,17H,1-3H3,(H,25,29)(H,27,30). The topological polar surface area (TPSA) is 98.1 Å². The van der Waals surface area contributed by atoms with E-state index in [0.29, 0.717) is 16.0 Å². The minimum atomic E-state index is -2.92. The number of nitrogens with one attached hydrogen (secondary N) is 2. The molecule has 2 N–H and O–H groups in total. The number of anilines is 2. The number of carbonyl (C=O) groups is 2. The molecule has 3 aromatic rings. The first-order chi connectivity index (χ1) is 14.9. The molecule has 0 bridgehead atoms. The zero-order valence-corrected chi connectivity index (χ0v) is 17.8. The highest BCUT2D eigenvalue weighted by Crippen LogP contribution is 2.35. The van der Waals surface area contributed by atoms with E-state index in [9.17, 15) is 27.2 Å². The molecule has 0 radical (unpaired) electrons. The summed E-state index contributed by atoms with van der Waals surface area (Å²) in [7, 11) is 0. The molecule has 0 unspecified atom stereocenters. The summed E-state index contributed by atoms with van der Waals surface area (Å²) in [5, 5.41) is 7.65. The summed E-state index contributed by atoms with van der Waals surface area (Å²) in [5.41, 5.74) is -1.83. The second-order valence-electron chi connectivity index (χ2n) is 7.36. The van der Waals surface area contributed by atoms with Gasteiger partial charge in [0.1, 0.15) is 27.2 Å². The van der Waals surface area contributed by atoms with Crippen LogP contribution in [0.25, 0.3) is 10.6 Å². The molecule has 32 heavy (non-hydrogen) atoms. The molecule has 2 heterocycles. The number of halogens is 4. The summed E-state index contributed by atoms with van der Waals surface area (Å²) >= 11 is 0.640. The van der Waals surface area contributed by atoms with Crippen molar-refractivity contribution in [3.05, 3.63) is 47.9 Å². The van der Waals surface area contributed by atoms with Gasteiger partial charge in [-0.25, -0.2) is 23.2 Å². The van der Waals surface area contributed by atoms with Crippen LogP contribution in [-0.4, -0.2) is 32.4 Å². The van der Waals surface area contributed by atoms with Crippen molar-refractivity contribution in [3.8, 4) is 10.6 Å². The highest BCUT2D eigenvalue weighted by Gasteiger charge is 2.26. The number of hydrogen-bond donors (Lipinski definition) is 2. The van der Waals surface area contributed by atoms with Crippen LogP contribution in [0.5, 0.6) is 0 Å². The van der Waals surface area contributed by atoms with Crippen LogP contribution in [0.4, 0.5) is 33.0 Å². The number of benzene rings is 1. The minimum Gasteiger partial charge on any atom is -0.444 e. The third-order valence-corrected chi connectivity index (χ3v) is 4.68. The first-order valence-corrected chi connectivity index (χ1v) is 9.85. The molecule has 13 heteroatoms. The summed E-state index contributed by atoms with van der Waals surface area (Å²) in [5.74, 6) is -2.77. The number of thiazole rings is 1. The highest BCUT2D eigenvalue weighted by atomic mass is 32.1. The minimum absolute atomic E-state index is 0.0786. The van der Waals surface area contributed by atoms with E-state index >= 15 is 0 Å². The van der Waals surface area contributed by atoms with E-state index < -0.39 is 47.0 Å². The molecule has 0 saturated carbocycles. The van der Waals surface area contributed by atoms with Crippen molar-refractivity contribution < 1.29 is 31.9 Å². The average molecular weight is 471 g/mol. The third kappa shape index (κ3) is 5.41. The molecule has 8 nitrogen and oxygen atoms in total. The van der Waals surface area contributed by atoms with Crippen LogP contribution in [0.3, 0.4) is 0 Å². The predicted molar refractivity (Wildman–Crippen MR) is 109 cm³/mol. The third-order valence-electron chi connectivity index (χ3n) is 3.69. The van der Waals surface area contributed by atoms with Gasteiger partial charge in [-0.2, -0.15) is 13.9 Å². The molecule has 0 saturated heterocycles. The second-order valence-corrected chi connectivity index (χ2v) is 8.36. The Morgan fingerprint density at radius 1 is 1.16 bits per heavy atom. The Morgan fingerprint density at radius 3 is 2.38 bits per heavy atom. The van der Waals surface area contributed by atoms with Gasteiger partial charge in [0.15, 0.2) is 5.69 Å². The SMILES string of the molecule is CC(C)(C)OC(=O)Nc1sc(-c2c(F)cccc2F)nc1C(=O)Nc1cnn(C(F)F)c1. The van der Waals surface area contributed by atoms with Crippen LogP contribution in [0.1, 0.15) is 37.8 Å². The number of carbonyl (C=O) groups excluding carboxylic acids is 2. The molecule has 2 aromatic heterocycles. The van der Waals surface area contributed by atoms with Crippen LogP contribution in [0.15, 0.2) is 30.6 Å². The molecule has 0 aliphatic rings. The number of ether oxygens (including phenoxy) is 1. The number of hydrogen-bond acceptors (Lipinski definition) is 6. The fraction of sp³-hybridized carbons (Fsp3) is 0.263. The Labute approximate surface area is 183 Å². The van der Waals surface area contributed by atoms with E-state index in [2.05, 4.69) is 20.7 Å². The lowest BCUT2D eigenvalue weighted by molar-refractivity contribution is 0.0565. The number of aromatic nitrogens is 3. The Balaban J connectivity index is 1.97. The van der Waals surface area contributed by atoms with Crippen molar-refractivity contribution in [1.29, 1.82) is 0 Å². The van der Waals surface area contributed by atoms with Crippen molar-refractivity contribution in [2.75, 3.05) is 10.6 Å². The van der Waals surface area contributed by atoms with Crippen LogP contribution in [0, 0.1) is 11.6 Å². The molecule has 170 valence electrons. The summed E-state index contributed by atoms with van der Waals surface area (Å²) < 4.78 is 59.3. The fourth-order valence-electron chi connectivity index (χ4n) is 2.46. The van der Waals surface area contributed by atoms with Crippen LogP contribution in [-0.2, 0) is 4.74 Å². The van der Waals surface area contributed by atoms with Crippen LogP contribution < -0.4 is 10.6 Å². The molecule has 0 atom stereocenters. The lowest BCUT2D eigenvalue weighted by Gasteiger charge is -2.19. The molecule has 2 amide bonds. The fourth-order valence-corrected chi connectivity index (χ4v) is 3.46. The largest absolute Gasteiger partial charge is 0.444 e. The lowest BCUT2D eigenvalue weighted by Crippen LogP contribution is -2.27. The van der Waals surface area contributed by atoms with Gasteiger partial charge < -0.3 is 10.1 Å². The molecular weight excluding hydrogens is 454 g/mol. The van der Waals surface area contributed by atoms with Crippen LogP contribution >= 0.6 is 11.3 Å². The first kappa shape index (κ1) is 23.2. The van der Waals surface area contributed by atoms with Gasteiger partial charge in [0, 0.05) is 0 Å². The lowest BCUT2D eigenvalue weighted by atomic mass is 10.2. The van der Waals surface area contributed by atoms with E-state index in [-0.39, 0.29) is 15.7 Å². The quantitative estimate of drug-likeness (QED) is 0.494. The zero-order chi connectivity index (χ0) is 23.6. The number of amides is 2. The van der Waals surface area contributed by atoms with E-state index in [1.54, 1.807) is 20.8 Å². The van der Waals surface area contributed by atoms with Gasteiger partial charge in [-0.15, -0.1) is 0 Å². The Bertz CT molecular complexity index is 1140. The summed E-state index contributed by atoms with van der Waals surface area (Å²) in [6.45, 7) is 1.94. The molecule has 1 aromatic carbocycles. The van der Waals surface area contributed by atoms with Crippen molar-refractivity contribution in [1.82, 2.24) is 14.8 Å². The molecule has 0 fully saturated rings. The Morgan fingerprint density at radius 2 is 1.81 bits per heavy atom. The smallest absolute Gasteiger partial charge is 0.412 e. The summed E-state index contributed by atoms with van der Waals surface area (Å²) in [4.78, 5) is 28.9. The first-order valence-electron chi connectivity index (χ1n) is 9.03. The van der Waals surface area contributed by atoms with Crippen molar-refractivity contribution in [2.24, 2.45) is 0 Å². The van der Waals surface area contributed by atoms with Crippen LogP contribution in [0.2, 0.25) is 0 Å². The van der Waals surface area contributed by atoms with Crippen molar-refractivity contribution in [3.63, 3.8) is 0 Å². The van der Waals surface area contributed by atoms with Crippen molar-refractivity contribution in [2.45, 2.75) is 32.9 Å². The average Bonchev–Trinajstić information content (AvgIpc) is 3.27. The van der Waals surface area contributed by atoms with Gasteiger partial charge in [0.25, 0.3) is 5.91 Å². The molecule has 0 aliphatic heterocycles. The number of nitrogens with zero attached hydrogens (tertiary/aromatic N) is 3. The van der Waals surface area contributed by atoms with E-state index in [4.69, 9.17) is 4.74 Å². The molecule has 0 spiro atoms. The summed E-state index contributed by atoms with van der Waals surface area (Å²) in [6.07, 6.45) is 0.934.